The Hall–Kier alpha value is -1.22. The number of rotatable bonds is 4. The highest BCUT2D eigenvalue weighted by Crippen LogP contribution is 2.27. The molecule has 1 aromatic rings. The van der Waals surface area contributed by atoms with Gasteiger partial charge in [0.25, 0.3) is 0 Å². The standard InChI is InChI=1S/C16H26N2O/c1-5-13-11-17-16(3,4)12-18(13)14-8-7-9-15(10-14)19-6-2/h7-10,13,17H,5-6,11-12H2,1-4H3. The Morgan fingerprint density at radius 3 is 2.84 bits per heavy atom. The first-order valence-corrected chi connectivity index (χ1v) is 7.30. The maximum absolute atomic E-state index is 5.62. The number of hydrogen-bond donors (Lipinski definition) is 1. The van der Waals surface area contributed by atoms with Crippen molar-refractivity contribution in [3.63, 3.8) is 0 Å². The molecule has 3 nitrogen and oxygen atoms in total. The Bertz CT molecular complexity index is 417. The van der Waals surface area contributed by atoms with Crippen LogP contribution in [0.1, 0.15) is 34.1 Å². The van der Waals surface area contributed by atoms with Gasteiger partial charge in [0.2, 0.25) is 0 Å². The molecular weight excluding hydrogens is 236 g/mol. The second-order valence-electron chi connectivity index (χ2n) is 5.89. The van der Waals surface area contributed by atoms with E-state index in [0.29, 0.717) is 12.6 Å². The van der Waals surface area contributed by atoms with Crippen LogP contribution in [-0.2, 0) is 0 Å². The lowest BCUT2D eigenvalue weighted by Gasteiger charge is -2.45. The molecule has 1 saturated heterocycles. The van der Waals surface area contributed by atoms with Crippen LogP contribution < -0.4 is 15.0 Å². The van der Waals surface area contributed by atoms with Crippen molar-refractivity contribution in [3.8, 4) is 5.75 Å². The third-order valence-corrected chi connectivity index (χ3v) is 3.75. The lowest BCUT2D eigenvalue weighted by Crippen LogP contribution is -2.61. The number of nitrogens with one attached hydrogen (secondary N) is 1. The maximum atomic E-state index is 5.62. The maximum Gasteiger partial charge on any atom is 0.121 e. The Balaban J connectivity index is 2.23. The third kappa shape index (κ3) is 3.41. The zero-order valence-corrected chi connectivity index (χ0v) is 12.6. The molecule has 0 amide bonds. The summed E-state index contributed by atoms with van der Waals surface area (Å²) in [5.74, 6) is 0.964. The number of anilines is 1. The van der Waals surface area contributed by atoms with Crippen molar-refractivity contribution >= 4 is 5.69 Å². The average molecular weight is 262 g/mol. The Labute approximate surface area is 116 Å². The lowest BCUT2D eigenvalue weighted by molar-refractivity contribution is 0.305. The van der Waals surface area contributed by atoms with E-state index in [1.165, 1.54) is 5.69 Å². The van der Waals surface area contributed by atoms with E-state index in [4.69, 9.17) is 4.74 Å². The molecule has 1 atom stereocenters. The van der Waals surface area contributed by atoms with Crippen LogP contribution in [-0.4, -0.2) is 31.3 Å². The van der Waals surface area contributed by atoms with Crippen LogP contribution in [0.3, 0.4) is 0 Å². The molecular formula is C16H26N2O. The van der Waals surface area contributed by atoms with Gasteiger partial charge in [0.1, 0.15) is 5.75 Å². The van der Waals surface area contributed by atoms with Gasteiger partial charge in [-0.15, -0.1) is 0 Å². The van der Waals surface area contributed by atoms with Gasteiger partial charge in [-0.2, -0.15) is 0 Å². The van der Waals surface area contributed by atoms with Gasteiger partial charge in [-0.1, -0.05) is 13.0 Å². The first-order chi connectivity index (χ1) is 9.05. The predicted octanol–water partition coefficient (Wildman–Crippen LogP) is 3.05. The SMILES string of the molecule is CCOc1cccc(N2CC(C)(C)NCC2CC)c1. The molecule has 0 spiro atoms. The highest BCUT2D eigenvalue weighted by Gasteiger charge is 2.31. The Morgan fingerprint density at radius 1 is 1.37 bits per heavy atom. The highest BCUT2D eigenvalue weighted by atomic mass is 16.5. The van der Waals surface area contributed by atoms with Crippen molar-refractivity contribution in [2.45, 2.75) is 45.7 Å². The highest BCUT2D eigenvalue weighted by molar-refractivity contribution is 5.52. The van der Waals surface area contributed by atoms with Crippen LogP contribution in [0.2, 0.25) is 0 Å². The van der Waals surface area contributed by atoms with Crippen LogP contribution >= 0.6 is 0 Å². The summed E-state index contributed by atoms with van der Waals surface area (Å²) in [6, 6.07) is 9.02. The van der Waals surface area contributed by atoms with E-state index in [-0.39, 0.29) is 5.54 Å². The molecule has 2 rings (SSSR count). The molecule has 0 radical (unpaired) electrons. The fourth-order valence-electron chi connectivity index (χ4n) is 2.70. The fraction of sp³-hybridized carbons (Fsp3) is 0.625. The van der Waals surface area contributed by atoms with Gasteiger partial charge in [0, 0.05) is 36.4 Å². The Kier molecular flexibility index (Phi) is 4.35. The number of ether oxygens (including phenoxy) is 1. The summed E-state index contributed by atoms with van der Waals surface area (Å²) < 4.78 is 5.62. The molecule has 0 aromatic heterocycles. The van der Waals surface area contributed by atoms with Crippen LogP contribution in [0.5, 0.6) is 5.75 Å². The van der Waals surface area contributed by atoms with Crippen LogP contribution in [0.4, 0.5) is 5.69 Å². The minimum atomic E-state index is 0.160. The summed E-state index contributed by atoms with van der Waals surface area (Å²) in [5, 5.41) is 3.63. The molecule has 1 unspecified atom stereocenters. The Morgan fingerprint density at radius 2 is 2.16 bits per heavy atom. The van der Waals surface area contributed by atoms with Gasteiger partial charge in [-0.3, -0.25) is 0 Å². The summed E-state index contributed by atoms with van der Waals surface area (Å²) >= 11 is 0. The van der Waals surface area contributed by atoms with Crippen molar-refractivity contribution in [2.75, 3.05) is 24.6 Å². The molecule has 106 valence electrons. The molecule has 0 aliphatic carbocycles. The van der Waals surface area contributed by atoms with E-state index in [9.17, 15) is 0 Å². The summed E-state index contributed by atoms with van der Waals surface area (Å²) in [4.78, 5) is 2.51. The van der Waals surface area contributed by atoms with E-state index >= 15 is 0 Å². The van der Waals surface area contributed by atoms with E-state index in [0.717, 1.165) is 25.3 Å². The summed E-state index contributed by atoms with van der Waals surface area (Å²) in [6.07, 6.45) is 1.15. The van der Waals surface area contributed by atoms with Gasteiger partial charge in [0.05, 0.1) is 6.61 Å². The van der Waals surface area contributed by atoms with E-state index in [2.05, 4.69) is 49.2 Å². The minimum absolute atomic E-state index is 0.160. The van der Waals surface area contributed by atoms with Crippen molar-refractivity contribution in [2.24, 2.45) is 0 Å². The van der Waals surface area contributed by atoms with Crippen LogP contribution in [0.15, 0.2) is 24.3 Å². The molecule has 1 fully saturated rings. The minimum Gasteiger partial charge on any atom is -0.494 e. The summed E-state index contributed by atoms with van der Waals surface area (Å²) in [7, 11) is 0. The number of nitrogens with zero attached hydrogens (tertiary/aromatic N) is 1. The topological polar surface area (TPSA) is 24.5 Å². The van der Waals surface area contributed by atoms with Crippen LogP contribution in [0.25, 0.3) is 0 Å². The molecule has 1 aliphatic rings. The van der Waals surface area contributed by atoms with Gasteiger partial charge in [-0.05, 0) is 39.3 Å². The van der Waals surface area contributed by atoms with Crippen molar-refractivity contribution in [1.82, 2.24) is 5.32 Å². The second kappa shape index (κ2) is 5.83. The fourth-order valence-corrected chi connectivity index (χ4v) is 2.70. The van der Waals surface area contributed by atoms with Gasteiger partial charge in [0.15, 0.2) is 0 Å². The largest absolute Gasteiger partial charge is 0.494 e. The average Bonchev–Trinajstić information content (AvgIpc) is 2.38. The van der Waals surface area contributed by atoms with Crippen molar-refractivity contribution in [3.05, 3.63) is 24.3 Å². The molecule has 1 aliphatic heterocycles. The number of benzene rings is 1. The van der Waals surface area contributed by atoms with Gasteiger partial charge < -0.3 is 15.0 Å². The van der Waals surface area contributed by atoms with Crippen LogP contribution in [0, 0.1) is 0 Å². The molecule has 1 N–H and O–H groups in total. The molecule has 0 bridgehead atoms. The summed E-state index contributed by atoms with van der Waals surface area (Å²) in [5.41, 5.74) is 1.43. The zero-order chi connectivity index (χ0) is 13.9. The smallest absolute Gasteiger partial charge is 0.121 e. The van der Waals surface area contributed by atoms with E-state index in [1.807, 2.05) is 13.0 Å². The first-order valence-electron chi connectivity index (χ1n) is 7.30. The number of hydrogen-bond acceptors (Lipinski definition) is 3. The molecule has 1 aromatic carbocycles. The quantitative estimate of drug-likeness (QED) is 0.902. The van der Waals surface area contributed by atoms with Gasteiger partial charge >= 0.3 is 0 Å². The molecule has 0 saturated carbocycles. The van der Waals surface area contributed by atoms with E-state index in [1.54, 1.807) is 0 Å². The lowest BCUT2D eigenvalue weighted by atomic mass is 9.97. The normalized spacial score (nSPS) is 22.3. The molecule has 1 heterocycles. The number of piperazine rings is 1. The van der Waals surface area contributed by atoms with Crippen molar-refractivity contribution < 1.29 is 4.74 Å². The summed E-state index contributed by atoms with van der Waals surface area (Å²) in [6.45, 7) is 11.6. The van der Waals surface area contributed by atoms with Crippen molar-refractivity contribution in [1.29, 1.82) is 0 Å². The second-order valence-corrected chi connectivity index (χ2v) is 5.89. The monoisotopic (exact) mass is 262 g/mol. The predicted molar refractivity (Wildman–Crippen MR) is 81.1 cm³/mol. The molecule has 19 heavy (non-hydrogen) atoms. The third-order valence-electron chi connectivity index (χ3n) is 3.75. The van der Waals surface area contributed by atoms with Gasteiger partial charge in [-0.25, -0.2) is 0 Å². The zero-order valence-electron chi connectivity index (χ0n) is 12.6. The first kappa shape index (κ1) is 14.2. The van der Waals surface area contributed by atoms with E-state index < -0.39 is 0 Å². The molecule has 3 heteroatoms.